The van der Waals surface area contributed by atoms with Gasteiger partial charge in [-0.2, -0.15) is 0 Å². The lowest BCUT2D eigenvalue weighted by Crippen LogP contribution is -2.36. The van der Waals surface area contributed by atoms with Crippen LogP contribution >= 0.6 is 0 Å². The molecule has 2 aromatic heterocycles. The standard InChI is InChI=1S/C18H24N4O2/c1-21-13-15(17(20-21)24-2)18(23)22(16-10-6-7-11-19-16)12-14-8-4-3-5-9-14/h6-7,10-11,13-14H,3-5,8-9,12H2,1-2H3. The molecule has 1 aliphatic carbocycles. The van der Waals surface area contributed by atoms with Gasteiger partial charge in [-0.3, -0.25) is 14.4 Å². The summed E-state index contributed by atoms with van der Waals surface area (Å²) in [7, 11) is 3.32. The van der Waals surface area contributed by atoms with E-state index in [1.165, 1.54) is 39.2 Å². The second-order valence-corrected chi connectivity index (χ2v) is 6.33. The first-order valence-electron chi connectivity index (χ1n) is 8.49. The molecule has 1 amide bonds. The summed E-state index contributed by atoms with van der Waals surface area (Å²) in [6, 6.07) is 5.64. The Labute approximate surface area is 142 Å². The molecule has 0 aliphatic heterocycles. The number of pyridine rings is 1. The minimum absolute atomic E-state index is 0.107. The van der Waals surface area contributed by atoms with Gasteiger partial charge in [0.2, 0.25) is 5.88 Å². The maximum atomic E-state index is 13.2. The van der Waals surface area contributed by atoms with Gasteiger partial charge in [0.15, 0.2) is 0 Å². The van der Waals surface area contributed by atoms with Gasteiger partial charge < -0.3 is 4.74 Å². The summed E-state index contributed by atoms with van der Waals surface area (Å²) in [5.41, 5.74) is 0.474. The fourth-order valence-electron chi connectivity index (χ4n) is 3.33. The van der Waals surface area contributed by atoms with Crippen LogP contribution in [0.2, 0.25) is 0 Å². The molecular formula is C18H24N4O2. The smallest absolute Gasteiger partial charge is 0.266 e. The lowest BCUT2D eigenvalue weighted by atomic mass is 9.89. The Kier molecular flexibility index (Phi) is 5.13. The molecule has 0 atom stereocenters. The summed E-state index contributed by atoms with van der Waals surface area (Å²) in [6.07, 6.45) is 9.54. The van der Waals surface area contributed by atoms with Crippen LogP contribution in [0.5, 0.6) is 5.88 Å². The summed E-state index contributed by atoms with van der Waals surface area (Å²) in [5.74, 6) is 1.45. The normalized spacial score (nSPS) is 15.2. The van der Waals surface area contributed by atoms with Gasteiger partial charge >= 0.3 is 0 Å². The van der Waals surface area contributed by atoms with Crippen molar-refractivity contribution in [3.63, 3.8) is 0 Å². The molecule has 0 aromatic carbocycles. The van der Waals surface area contributed by atoms with Gasteiger partial charge in [0.05, 0.1) is 7.11 Å². The van der Waals surface area contributed by atoms with Gasteiger partial charge in [-0.1, -0.05) is 25.3 Å². The minimum atomic E-state index is -0.107. The van der Waals surface area contributed by atoms with Gasteiger partial charge in [-0.25, -0.2) is 4.98 Å². The first kappa shape index (κ1) is 16.5. The molecule has 2 aromatic rings. The van der Waals surface area contributed by atoms with Crippen LogP contribution in [0.3, 0.4) is 0 Å². The number of aromatic nitrogens is 3. The number of carbonyl (C=O) groups is 1. The highest BCUT2D eigenvalue weighted by atomic mass is 16.5. The third-order valence-corrected chi connectivity index (χ3v) is 4.56. The monoisotopic (exact) mass is 328 g/mol. The Bertz CT molecular complexity index is 678. The molecular weight excluding hydrogens is 304 g/mol. The molecule has 2 heterocycles. The Hall–Kier alpha value is -2.37. The molecule has 3 rings (SSSR count). The SMILES string of the molecule is COc1nn(C)cc1C(=O)N(CC1CCCCC1)c1ccccn1. The lowest BCUT2D eigenvalue weighted by Gasteiger charge is -2.29. The van der Waals surface area contributed by atoms with Crippen molar-refractivity contribution in [2.75, 3.05) is 18.6 Å². The average molecular weight is 328 g/mol. The van der Waals surface area contributed by atoms with E-state index in [4.69, 9.17) is 4.74 Å². The van der Waals surface area contributed by atoms with E-state index in [1.807, 2.05) is 18.2 Å². The molecule has 6 nitrogen and oxygen atoms in total. The van der Waals surface area contributed by atoms with E-state index in [9.17, 15) is 4.79 Å². The first-order chi connectivity index (χ1) is 11.7. The largest absolute Gasteiger partial charge is 0.479 e. The van der Waals surface area contributed by atoms with E-state index in [0.29, 0.717) is 29.7 Å². The lowest BCUT2D eigenvalue weighted by molar-refractivity contribution is 0.0976. The highest BCUT2D eigenvalue weighted by molar-refractivity contribution is 6.07. The zero-order valence-electron chi connectivity index (χ0n) is 14.3. The van der Waals surface area contributed by atoms with Crippen molar-refractivity contribution in [3.8, 4) is 5.88 Å². The van der Waals surface area contributed by atoms with Gasteiger partial charge in [-0.05, 0) is 30.9 Å². The Morgan fingerprint density at radius 1 is 1.33 bits per heavy atom. The molecule has 0 saturated heterocycles. The number of nitrogens with zero attached hydrogens (tertiary/aromatic N) is 4. The Morgan fingerprint density at radius 3 is 2.79 bits per heavy atom. The predicted molar refractivity (Wildman–Crippen MR) is 92.2 cm³/mol. The zero-order valence-corrected chi connectivity index (χ0v) is 14.3. The molecule has 0 bridgehead atoms. The predicted octanol–water partition coefficient (Wildman–Crippen LogP) is 3.05. The molecule has 24 heavy (non-hydrogen) atoms. The van der Waals surface area contributed by atoms with E-state index < -0.39 is 0 Å². The Balaban J connectivity index is 1.89. The highest BCUT2D eigenvalue weighted by Gasteiger charge is 2.27. The Morgan fingerprint density at radius 2 is 2.12 bits per heavy atom. The summed E-state index contributed by atoms with van der Waals surface area (Å²) >= 11 is 0. The number of carbonyl (C=O) groups excluding carboxylic acids is 1. The number of hydrogen-bond acceptors (Lipinski definition) is 4. The highest BCUT2D eigenvalue weighted by Crippen LogP contribution is 2.28. The number of amides is 1. The molecule has 0 N–H and O–H groups in total. The molecule has 128 valence electrons. The van der Waals surface area contributed by atoms with Crippen LogP contribution in [0.15, 0.2) is 30.6 Å². The summed E-state index contributed by atoms with van der Waals surface area (Å²) in [5, 5.41) is 4.20. The average Bonchev–Trinajstić information content (AvgIpc) is 3.01. The number of anilines is 1. The molecule has 0 radical (unpaired) electrons. The van der Waals surface area contributed by atoms with E-state index >= 15 is 0 Å². The second kappa shape index (κ2) is 7.47. The van der Waals surface area contributed by atoms with Crippen molar-refractivity contribution >= 4 is 11.7 Å². The van der Waals surface area contributed by atoms with Crippen molar-refractivity contribution in [2.24, 2.45) is 13.0 Å². The minimum Gasteiger partial charge on any atom is -0.479 e. The van der Waals surface area contributed by atoms with Gasteiger partial charge in [0.1, 0.15) is 11.4 Å². The zero-order chi connectivity index (χ0) is 16.9. The van der Waals surface area contributed by atoms with Crippen molar-refractivity contribution in [1.82, 2.24) is 14.8 Å². The van der Waals surface area contributed by atoms with E-state index in [0.717, 1.165) is 0 Å². The molecule has 0 spiro atoms. The third kappa shape index (κ3) is 3.58. The van der Waals surface area contributed by atoms with Crippen molar-refractivity contribution in [3.05, 3.63) is 36.2 Å². The quantitative estimate of drug-likeness (QED) is 0.846. The summed E-state index contributed by atoms with van der Waals surface area (Å²) in [6.45, 7) is 0.688. The van der Waals surface area contributed by atoms with E-state index in [-0.39, 0.29) is 5.91 Å². The topological polar surface area (TPSA) is 60.3 Å². The summed E-state index contributed by atoms with van der Waals surface area (Å²) < 4.78 is 6.86. The van der Waals surface area contributed by atoms with Crippen LogP contribution in [-0.4, -0.2) is 34.3 Å². The number of ether oxygens (including phenoxy) is 1. The fourth-order valence-corrected chi connectivity index (χ4v) is 3.33. The first-order valence-corrected chi connectivity index (χ1v) is 8.49. The molecule has 1 aliphatic rings. The number of rotatable bonds is 5. The van der Waals surface area contributed by atoms with Crippen molar-refractivity contribution < 1.29 is 9.53 Å². The van der Waals surface area contributed by atoms with Crippen LogP contribution in [0.4, 0.5) is 5.82 Å². The molecule has 1 fully saturated rings. The van der Waals surface area contributed by atoms with Crippen LogP contribution in [-0.2, 0) is 7.05 Å². The van der Waals surface area contributed by atoms with Gasteiger partial charge in [0.25, 0.3) is 5.91 Å². The molecule has 1 saturated carbocycles. The van der Waals surface area contributed by atoms with Crippen LogP contribution in [0.25, 0.3) is 0 Å². The van der Waals surface area contributed by atoms with Crippen molar-refractivity contribution in [2.45, 2.75) is 32.1 Å². The van der Waals surface area contributed by atoms with Crippen molar-refractivity contribution in [1.29, 1.82) is 0 Å². The molecule has 6 heteroatoms. The van der Waals surface area contributed by atoms with Gasteiger partial charge in [0, 0.05) is 26.0 Å². The van der Waals surface area contributed by atoms with Gasteiger partial charge in [-0.15, -0.1) is 5.10 Å². The second-order valence-electron chi connectivity index (χ2n) is 6.33. The fraction of sp³-hybridized carbons (Fsp3) is 0.500. The van der Waals surface area contributed by atoms with Crippen LogP contribution in [0.1, 0.15) is 42.5 Å². The number of methoxy groups -OCH3 is 1. The summed E-state index contributed by atoms with van der Waals surface area (Å²) in [4.78, 5) is 19.3. The number of hydrogen-bond donors (Lipinski definition) is 0. The van der Waals surface area contributed by atoms with Crippen LogP contribution < -0.4 is 9.64 Å². The maximum Gasteiger partial charge on any atom is 0.266 e. The maximum absolute atomic E-state index is 13.2. The third-order valence-electron chi connectivity index (χ3n) is 4.56. The molecule has 0 unspecified atom stereocenters. The van der Waals surface area contributed by atoms with Crippen LogP contribution in [0, 0.1) is 5.92 Å². The van der Waals surface area contributed by atoms with E-state index in [1.54, 1.807) is 29.0 Å². The van der Waals surface area contributed by atoms with E-state index in [2.05, 4.69) is 10.1 Å². The number of aryl methyl sites for hydroxylation is 1.